The molecule has 39 heavy (non-hydrogen) atoms. The third-order valence-electron chi connectivity index (χ3n) is 8.68. The summed E-state index contributed by atoms with van der Waals surface area (Å²) >= 11 is 0. The van der Waals surface area contributed by atoms with E-state index in [4.69, 9.17) is 5.73 Å². The van der Waals surface area contributed by atoms with Crippen molar-refractivity contribution in [2.24, 2.45) is 0 Å². The number of anilines is 3. The van der Waals surface area contributed by atoms with Gasteiger partial charge < -0.3 is 16.0 Å². The van der Waals surface area contributed by atoms with Crippen LogP contribution >= 0.6 is 0 Å². The van der Waals surface area contributed by atoms with E-state index in [-0.39, 0.29) is 0 Å². The molecule has 0 radical (unpaired) electrons. The predicted molar refractivity (Wildman–Crippen MR) is 154 cm³/mol. The smallest absolute Gasteiger partial charge is 0.248 e. The van der Waals surface area contributed by atoms with Crippen LogP contribution in [-0.2, 0) is 25.7 Å². The number of nitrogens with one attached hydrogen (secondary N) is 1. The second kappa shape index (κ2) is 10.4. The lowest BCUT2D eigenvalue weighted by Gasteiger charge is -2.30. The average Bonchev–Trinajstić information content (AvgIpc) is 3.55. The van der Waals surface area contributed by atoms with Crippen LogP contribution in [-0.4, -0.2) is 49.0 Å². The zero-order valence-corrected chi connectivity index (χ0v) is 22.4. The first-order valence-electron chi connectivity index (χ1n) is 14.5. The van der Waals surface area contributed by atoms with Gasteiger partial charge >= 0.3 is 0 Å². The van der Waals surface area contributed by atoms with Gasteiger partial charge in [0.15, 0.2) is 5.82 Å². The second-order valence-corrected chi connectivity index (χ2v) is 11.2. The van der Waals surface area contributed by atoms with Crippen LogP contribution in [0.5, 0.6) is 0 Å². The van der Waals surface area contributed by atoms with Crippen molar-refractivity contribution in [2.45, 2.75) is 70.3 Å². The number of nitrogens with two attached hydrogens (primary N) is 1. The van der Waals surface area contributed by atoms with Gasteiger partial charge in [0.2, 0.25) is 11.9 Å². The summed E-state index contributed by atoms with van der Waals surface area (Å²) in [5, 5.41) is 17.2. The van der Waals surface area contributed by atoms with E-state index in [1.54, 1.807) is 4.68 Å². The lowest BCUT2D eigenvalue weighted by atomic mass is 9.89. The molecule has 3 aliphatic rings. The Kier molecular flexibility index (Phi) is 6.48. The fourth-order valence-electron chi connectivity index (χ4n) is 6.66. The molecule has 2 aromatic carbocycles. The van der Waals surface area contributed by atoms with Crippen LogP contribution in [0, 0.1) is 0 Å². The molecule has 1 saturated heterocycles. The van der Waals surface area contributed by atoms with Crippen LogP contribution in [0.15, 0.2) is 48.5 Å². The number of likely N-dealkylation sites (tertiary alicyclic amines) is 1. The van der Waals surface area contributed by atoms with Crippen molar-refractivity contribution < 1.29 is 0 Å². The lowest BCUT2D eigenvalue weighted by Crippen LogP contribution is -2.35. The third-order valence-corrected chi connectivity index (χ3v) is 8.68. The first kappa shape index (κ1) is 24.3. The highest BCUT2D eigenvalue weighted by Crippen LogP contribution is 2.32. The molecule has 2 aromatic heterocycles. The van der Waals surface area contributed by atoms with Crippen LogP contribution in [0.1, 0.15) is 60.8 Å². The summed E-state index contributed by atoms with van der Waals surface area (Å²) in [5.74, 6) is 1.36. The Bertz CT molecular complexity index is 1490. The number of aryl methyl sites for hydroxylation is 3. The molecule has 8 heteroatoms. The first-order valence-corrected chi connectivity index (χ1v) is 14.5. The van der Waals surface area contributed by atoms with Crippen LogP contribution in [0.25, 0.3) is 17.1 Å². The highest BCUT2D eigenvalue weighted by atomic mass is 15.4. The molecule has 7 rings (SSSR count). The number of aromatic nitrogens is 5. The van der Waals surface area contributed by atoms with Crippen LogP contribution < -0.4 is 11.1 Å². The quantitative estimate of drug-likeness (QED) is 0.378. The Labute approximate surface area is 229 Å². The molecule has 0 amide bonds. The molecule has 0 saturated carbocycles. The van der Waals surface area contributed by atoms with E-state index >= 15 is 0 Å². The van der Waals surface area contributed by atoms with E-state index in [1.807, 2.05) is 0 Å². The van der Waals surface area contributed by atoms with Crippen molar-refractivity contribution in [2.75, 3.05) is 24.1 Å². The molecule has 8 nitrogen and oxygen atoms in total. The standard InChI is InChI=1S/C31H36N8/c32-30-34-31(33-25-15-14-21-8-1-3-12-26(19-24(21)18-25)38-16-5-6-17-38)37-39(30)28-20-23-11-7-10-22-9-2-4-13-27(22)29(23)36-35-28/h2,4,9,13-15,18,20,26H,1,3,5-8,10-12,16-17,19H2,(H3,32,33,34,37). The monoisotopic (exact) mass is 520 g/mol. The van der Waals surface area contributed by atoms with Crippen LogP contribution in [0.4, 0.5) is 17.6 Å². The predicted octanol–water partition coefficient (Wildman–Crippen LogP) is 5.27. The SMILES string of the molecule is Nc1nc(Nc2ccc3c(c2)CC(N2CCCC2)CCCC3)nn1-c1cc2c(nn1)-c1ccccc1CCC2. The van der Waals surface area contributed by atoms with Crippen molar-refractivity contribution >= 4 is 17.6 Å². The molecule has 1 fully saturated rings. The maximum Gasteiger partial charge on any atom is 0.248 e. The van der Waals surface area contributed by atoms with E-state index in [9.17, 15) is 0 Å². The first-order chi connectivity index (χ1) is 19.2. The molecule has 200 valence electrons. The Morgan fingerprint density at radius 2 is 1.64 bits per heavy atom. The third kappa shape index (κ3) is 4.89. The van der Waals surface area contributed by atoms with Crippen LogP contribution in [0.2, 0.25) is 0 Å². The van der Waals surface area contributed by atoms with Gasteiger partial charge in [0, 0.05) is 17.3 Å². The topological polar surface area (TPSA) is 97.8 Å². The minimum atomic E-state index is 0.293. The van der Waals surface area contributed by atoms with Gasteiger partial charge in [-0.25, -0.2) is 0 Å². The Balaban J connectivity index is 1.14. The Morgan fingerprint density at radius 1 is 0.795 bits per heavy atom. The number of hydrogen-bond donors (Lipinski definition) is 2. The maximum absolute atomic E-state index is 6.32. The fourth-order valence-corrected chi connectivity index (χ4v) is 6.66. The number of hydrogen-bond acceptors (Lipinski definition) is 7. The molecule has 1 aliphatic heterocycles. The number of rotatable bonds is 4. The number of nitrogens with zero attached hydrogens (tertiary/aromatic N) is 6. The van der Waals surface area contributed by atoms with Crippen molar-refractivity contribution in [1.29, 1.82) is 0 Å². The summed E-state index contributed by atoms with van der Waals surface area (Å²) in [5.41, 5.74) is 14.9. The van der Waals surface area contributed by atoms with Gasteiger partial charge in [-0.2, -0.15) is 9.67 Å². The molecule has 0 spiro atoms. The van der Waals surface area contributed by atoms with Gasteiger partial charge in [0.25, 0.3) is 0 Å². The highest BCUT2D eigenvalue weighted by molar-refractivity contribution is 5.68. The van der Waals surface area contributed by atoms with Gasteiger partial charge in [-0.1, -0.05) is 36.8 Å². The number of fused-ring (bicyclic) bond motifs is 4. The maximum atomic E-state index is 6.32. The summed E-state index contributed by atoms with van der Waals surface area (Å²) in [6.45, 7) is 2.49. The van der Waals surface area contributed by atoms with E-state index in [0.29, 0.717) is 23.8 Å². The average molecular weight is 521 g/mol. The Morgan fingerprint density at radius 3 is 2.56 bits per heavy atom. The van der Waals surface area contributed by atoms with E-state index in [2.05, 4.69) is 79.0 Å². The van der Waals surface area contributed by atoms with Crippen LogP contribution in [0.3, 0.4) is 0 Å². The summed E-state index contributed by atoms with van der Waals surface area (Å²) < 4.78 is 1.59. The van der Waals surface area contributed by atoms with Crippen molar-refractivity contribution in [1.82, 2.24) is 29.9 Å². The van der Waals surface area contributed by atoms with E-state index in [0.717, 1.165) is 43.5 Å². The largest absolute Gasteiger partial charge is 0.368 e. The lowest BCUT2D eigenvalue weighted by molar-refractivity contribution is 0.222. The molecule has 0 bridgehead atoms. The fraction of sp³-hybridized carbons (Fsp3) is 0.419. The Hall–Kier alpha value is -3.78. The van der Waals surface area contributed by atoms with E-state index < -0.39 is 0 Å². The molecule has 3 N–H and O–H groups in total. The summed E-state index contributed by atoms with van der Waals surface area (Å²) in [6, 6.07) is 17.9. The summed E-state index contributed by atoms with van der Waals surface area (Å²) in [7, 11) is 0. The molecule has 3 heterocycles. The molecule has 2 aliphatic carbocycles. The molecular formula is C31H36N8. The minimum absolute atomic E-state index is 0.293. The zero-order chi connectivity index (χ0) is 26.2. The second-order valence-electron chi connectivity index (χ2n) is 11.2. The van der Waals surface area contributed by atoms with Crippen molar-refractivity contribution in [3.63, 3.8) is 0 Å². The number of nitrogen functional groups attached to an aromatic ring is 1. The molecule has 1 unspecified atom stereocenters. The summed E-state index contributed by atoms with van der Waals surface area (Å²) in [4.78, 5) is 7.22. The molecule has 4 aromatic rings. The van der Waals surface area contributed by atoms with E-state index in [1.165, 1.54) is 73.0 Å². The van der Waals surface area contributed by atoms with Gasteiger partial charge in [0.05, 0.1) is 5.69 Å². The van der Waals surface area contributed by atoms with Crippen molar-refractivity contribution in [3.8, 4) is 17.1 Å². The van der Waals surface area contributed by atoms with Crippen molar-refractivity contribution in [3.05, 3.63) is 70.8 Å². The van der Waals surface area contributed by atoms with Gasteiger partial charge in [-0.3, -0.25) is 0 Å². The highest BCUT2D eigenvalue weighted by Gasteiger charge is 2.24. The number of benzene rings is 2. The van der Waals surface area contributed by atoms with Gasteiger partial charge in [-0.15, -0.1) is 15.3 Å². The molecular weight excluding hydrogens is 484 g/mol. The summed E-state index contributed by atoms with van der Waals surface area (Å²) in [6.07, 6.45) is 11.9. The van der Waals surface area contributed by atoms with Gasteiger partial charge in [0.1, 0.15) is 0 Å². The minimum Gasteiger partial charge on any atom is -0.368 e. The van der Waals surface area contributed by atoms with Gasteiger partial charge in [-0.05, 0) is 111 Å². The zero-order valence-electron chi connectivity index (χ0n) is 22.4. The molecule has 1 atom stereocenters. The normalized spacial score (nSPS) is 19.3.